The highest BCUT2D eigenvalue weighted by atomic mass is 16.4. The number of rotatable bonds is 4. The summed E-state index contributed by atoms with van der Waals surface area (Å²) in [6.45, 7) is 2.59. The molecule has 0 unspecified atom stereocenters. The fraction of sp³-hybridized carbons (Fsp3) is 0.364. The lowest BCUT2D eigenvalue weighted by atomic mass is 10.2. The standard InChI is InChI=1S/C11H14N2O3/c1-3-7-13(2)10(14)8-5-4-6-9(12-8)11(15)16/h4-6H,3,7H2,1-2H3,(H,15,16). The molecule has 1 aromatic rings. The lowest BCUT2D eigenvalue weighted by molar-refractivity contribution is 0.0690. The van der Waals surface area contributed by atoms with Crippen LogP contribution in [-0.4, -0.2) is 40.5 Å². The second-order valence-corrected chi connectivity index (χ2v) is 3.44. The van der Waals surface area contributed by atoms with Gasteiger partial charge in [-0.25, -0.2) is 9.78 Å². The quantitative estimate of drug-likeness (QED) is 0.832. The van der Waals surface area contributed by atoms with Crippen molar-refractivity contribution in [3.05, 3.63) is 29.6 Å². The van der Waals surface area contributed by atoms with Gasteiger partial charge in [-0.2, -0.15) is 0 Å². The van der Waals surface area contributed by atoms with Crippen molar-refractivity contribution in [3.63, 3.8) is 0 Å². The van der Waals surface area contributed by atoms with Gasteiger partial charge in [0, 0.05) is 13.6 Å². The third-order valence-corrected chi connectivity index (χ3v) is 2.09. The maximum Gasteiger partial charge on any atom is 0.354 e. The van der Waals surface area contributed by atoms with Crippen LogP contribution in [0.3, 0.4) is 0 Å². The van der Waals surface area contributed by atoms with Crippen LogP contribution < -0.4 is 0 Å². The Labute approximate surface area is 93.7 Å². The van der Waals surface area contributed by atoms with Crippen molar-refractivity contribution < 1.29 is 14.7 Å². The molecule has 16 heavy (non-hydrogen) atoms. The molecule has 0 saturated carbocycles. The molecule has 0 fully saturated rings. The molecule has 0 aliphatic rings. The van der Waals surface area contributed by atoms with Crippen LogP contribution in [0.15, 0.2) is 18.2 Å². The van der Waals surface area contributed by atoms with Gasteiger partial charge in [0.1, 0.15) is 11.4 Å². The van der Waals surface area contributed by atoms with Gasteiger partial charge < -0.3 is 10.0 Å². The molecule has 0 atom stereocenters. The Hall–Kier alpha value is -1.91. The van der Waals surface area contributed by atoms with Crippen molar-refractivity contribution in [3.8, 4) is 0 Å². The van der Waals surface area contributed by atoms with Crippen molar-refractivity contribution in [1.82, 2.24) is 9.88 Å². The zero-order valence-electron chi connectivity index (χ0n) is 9.30. The minimum Gasteiger partial charge on any atom is -0.477 e. The summed E-state index contributed by atoms with van der Waals surface area (Å²) in [5, 5.41) is 8.75. The number of aromatic carboxylic acids is 1. The van der Waals surface area contributed by atoms with Crippen LogP contribution in [0.25, 0.3) is 0 Å². The van der Waals surface area contributed by atoms with Crippen LogP contribution in [-0.2, 0) is 0 Å². The second kappa shape index (κ2) is 5.25. The number of carbonyl (C=O) groups excluding carboxylic acids is 1. The summed E-state index contributed by atoms with van der Waals surface area (Å²) < 4.78 is 0. The highest BCUT2D eigenvalue weighted by Gasteiger charge is 2.14. The van der Waals surface area contributed by atoms with Gasteiger partial charge in [-0.1, -0.05) is 13.0 Å². The number of carboxylic acids is 1. The van der Waals surface area contributed by atoms with Crippen LogP contribution >= 0.6 is 0 Å². The summed E-state index contributed by atoms with van der Waals surface area (Å²) in [4.78, 5) is 27.8. The first-order valence-electron chi connectivity index (χ1n) is 5.02. The summed E-state index contributed by atoms with van der Waals surface area (Å²) in [5.74, 6) is -1.39. The summed E-state index contributed by atoms with van der Waals surface area (Å²) in [7, 11) is 1.67. The first-order valence-corrected chi connectivity index (χ1v) is 5.02. The van der Waals surface area contributed by atoms with Crippen LogP contribution in [0.5, 0.6) is 0 Å². The highest BCUT2D eigenvalue weighted by Crippen LogP contribution is 2.03. The maximum absolute atomic E-state index is 11.8. The van der Waals surface area contributed by atoms with Crippen LogP contribution in [0.2, 0.25) is 0 Å². The van der Waals surface area contributed by atoms with Crippen molar-refractivity contribution in [2.24, 2.45) is 0 Å². The van der Waals surface area contributed by atoms with Crippen molar-refractivity contribution in [2.45, 2.75) is 13.3 Å². The van der Waals surface area contributed by atoms with E-state index in [4.69, 9.17) is 5.11 Å². The number of pyridine rings is 1. The van der Waals surface area contributed by atoms with Gasteiger partial charge >= 0.3 is 5.97 Å². The van der Waals surface area contributed by atoms with E-state index in [0.717, 1.165) is 6.42 Å². The minimum absolute atomic E-state index is 0.115. The Balaban J connectivity index is 2.91. The Morgan fingerprint density at radius 2 is 2.00 bits per heavy atom. The number of aromatic nitrogens is 1. The van der Waals surface area contributed by atoms with Gasteiger partial charge in [-0.3, -0.25) is 4.79 Å². The average Bonchev–Trinajstić information content (AvgIpc) is 2.28. The lowest BCUT2D eigenvalue weighted by Crippen LogP contribution is -2.28. The zero-order valence-corrected chi connectivity index (χ0v) is 9.30. The highest BCUT2D eigenvalue weighted by molar-refractivity contribution is 5.94. The Morgan fingerprint density at radius 3 is 2.56 bits per heavy atom. The van der Waals surface area contributed by atoms with E-state index in [1.54, 1.807) is 7.05 Å². The van der Waals surface area contributed by atoms with Gasteiger partial charge in [0.05, 0.1) is 0 Å². The summed E-state index contributed by atoms with van der Waals surface area (Å²) in [6, 6.07) is 4.39. The molecule has 0 aliphatic heterocycles. The molecule has 1 rings (SSSR count). The molecule has 0 aliphatic carbocycles. The average molecular weight is 222 g/mol. The van der Waals surface area contributed by atoms with E-state index in [1.807, 2.05) is 6.92 Å². The van der Waals surface area contributed by atoms with E-state index < -0.39 is 5.97 Å². The predicted molar refractivity (Wildman–Crippen MR) is 58.4 cm³/mol. The molecule has 1 aromatic heterocycles. The number of amides is 1. The molecule has 5 nitrogen and oxygen atoms in total. The maximum atomic E-state index is 11.8. The van der Waals surface area contributed by atoms with Gasteiger partial charge in [0.25, 0.3) is 5.91 Å². The van der Waals surface area contributed by atoms with Gasteiger partial charge in [0.2, 0.25) is 0 Å². The molecule has 1 heterocycles. The third kappa shape index (κ3) is 2.79. The molecule has 0 aromatic carbocycles. The molecule has 86 valence electrons. The fourth-order valence-electron chi connectivity index (χ4n) is 1.31. The number of hydrogen-bond acceptors (Lipinski definition) is 3. The number of hydrogen-bond donors (Lipinski definition) is 1. The molecule has 1 N–H and O–H groups in total. The van der Waals surface area contributed by atoms with E-state index >= 15 is 0 Å². The Morgan fingerprint density at radius 1 is 1.38 bits per heavy atom. The van der Waals surface area contributed by atoms with Crippen LogP contribution in [0, 0.1) is 0 Å². The second-order valence-electron chi connectivity index (χ2n) is 3.44. The van der Waals surface area contributed by atoms with Gasteiger partial charge in [-0.05, 0) is 18.6 Å². The number of carboxylic acid groups (broad SMARTS) is 1. The van der Waals surface area contributed by atoms with Crippen LogP contribution in [0.4, 0.5) is 0 Å². The fourth-order valence-corrected chi connectivity index (χ4v) is 1.31. The van der Waals surface area contributed by atoms with E-state index in [1.165, 1.54) is 23.1 Å². The topological polar surface area (TPSA) is 70.5 Å². The molecule has 0 radical (unpaired) electrons. The molecule has 0 saturated heterocycles. The molecular weight excluding hydrogens is 208 g/mol. The normalized spacial score (nSPS) is 9.88. The van der Waals surface area contributed by atoms with Gasteiger partial charge in [0.15, 0.2) is 0 Å². The largest absolute Gasteiger partial charge is 0.477 e. The van der Waals surface area contributed by atoms with Crippen molar-refractivity contribution in [2.75, 3.05) is 13.6 Å². The first-order chi connectivity index (χ1) is 7.56. The molecule has 0 bridgehead atoms. The van der Waals surface area contributed by atoms with E-state index in [0.29, 0.717) is 6.54 Å². The minimum atomic E-state index is -1.13. The van der Waals surface area contributed by atoms with E-state index in [9.17, 15) is 9.59 Å². The number of nitrogens with zero attached hydrogens (tertiary/aromatic N) is 2. The SMILES string of the molecule is CCCN(C)C(=O)c1cccc(C(=O)O)n1. The molecule has 0 spiro atoms. The Bertz CT molecular complexity index is 404. The van der Waals surface area contributed by atoms with Gasteiger partial charge in [-0.15, -0.1) is 0 Å². The molecule has 1 amide bonds. The third-order valence-electron chi connectivity index (χ3n) is 2.09. The summed E-state index contributed by atoms with van der Waals surface area (Å²) in [6.07, 6.45) is 0.848. The summed E-state index contributed by atoms with van der Waals surface area (Å²) >= 11 is 0. The summed E-state index contributed by atoms with van der Waals surface area (Å²) in [5.41, 5.74) is 0.0478. The predicted octanol–water partition coefficient (Wildman–Crippen LogP) is 1.26. The zero-order chi connectivity index (χ0) is 12.1. The lowest BCUT2D eigenvalue weighted by Gasteiger charge is -2.15. The Kier molecular flexibility index (Phi) is 3.99. The van der Waals surface area contributed by atoms with E-state index in [2.05, 4.69) is 4.98 Å². The molecule has 5 heteroatoms. The van der Waals surface area contributed by atoms with Crippen molar-refractivity contribution in [1.29, 1.82) is 0 Å². The van der Waals surface area contributed by atoms with Crippen LogP contribution in [0.1, 0.15) is 34.3 Å². The van der Waals surface area contributed by atoms with Crippen molar-refractivity contribution >= 4 is 11.9 Å². The number of carbonyl (C=O) groups is 2. The molecular formula is C11H14N2O3. The smallest absolute Gasteiger partial charge is 0.354 e. The monoisotopic (exact) mass is 222 g/mol. The first kappa shape index (κ1) is 12.2. The van der Waals surface area contributed by atoms with E-state index in [-0.39, 0.29) is 17.3 Å².